The molecule has 0 unspecified atom stereocenters. The highest BCUT2D eigenvalue weighted by Gasteiger charge is 2.15. The van der Waals surface area contributed by atoms with Gasteiger partial charge in [0.25, 0.3) is 0 Å². The molecule has 1 fully saturated rings. The Bertz CT molecular complexity index is 1130. The molecule has 0 amide bonds. The predicted molar refractivity (Wildman–Crippen MR) is 118 cm³/mol. The van der Waals surface area contributed by atoms with Crippen molar-refractivity contribution in [3.8, 4) is 0 Å². The largest absolute Gasteiger partial charge is 0.347 e. The number of hydrogen-bond acceptors (Lipinski definition) is 5. The van der Waals surface area contributed by atoms with Crippen LogP contribution in [0.15, 0.2) is 42.5 Å². The van der Waals surface area contributed by atoms with Gasteiger partial charge in [-0.3, -0.25) is 0 Å². The molecule has 0 bridgehead atoms. The molecule has 3 heterocycles. The lowest BCUT2D eigenvalue weighted by Gasteiger charge is -2.29. The van der Waals surface area contributed by atoms with Crippen molar-refractivity contribution in [1.82, 2.24) is 14.9 Å². The fourth-order valence-electron chi connectivity index (χ4n) is 3.19. The van der Waals surface area contributed by atoms with E-state index in [9.17, 15) is 0 Å². The van der Waals surface area contributed by atoms with Gasteiger partial charge in [-0.1, -0.05) is 12.1 Å². The van der Waals surface area contributed by atoms with Gasteiger partial charge < -0.3 is 10.2 Å². The van der Waals surface area contributed by atoms with E-state index in [2.05, 4.69) is 28.4 Å². The summed E-state index contributed by atoms with van der Waals surface area (Å²) in [6.45, 7) is 2.02. The third-order valence-corrected chi connectivity index (χ3v) is 6.89. The maximum absolute atomic E-state index is 5.60. The number of thiocarbonyl (C=S) groups is 1. The fourth-order valence-corrected chi connectivity index (χ4v) is 5.40. The molecule has 0 spiro atoms. The van der Waals surface area contributed by atoms with E-state index in [4.69, 9.17) is 22.2 Å². The Labute approximate surface area is 164 Å². The second kappa shape index (κ2) is 6.64. The molecule has 0 atom stereocenters. The third kappa shape index (κ3) is 2.90. The Hall–Kier alpha value is -1.96. The van der Waals surface area contributed by atoms with Gasteiger partial charge in [-0.2, -0.15) is 11.8 Å². The van der Waals surface area contributed by atoms with Gasteiger partial charge in [-0.25, -0.2) is 9.97 Å². The highest BCUT2D eigenvalue weighted by molar-refractivity contribution is 7.99. The number of anilines is 1. The minimum atomic E-state index is 0.806. The minimum absolute atomic E-state index is 0.806. The Morgan fingerprint density at radius 1 is 1.04 bits per heavy atom. The molecular formula is C19H16N4S3. The number of benzene rings is 2. The molecule has 1 N–H and O–H groups in total. The monoisotopic (exact) mass is 396 g/mol. The molecule has 130 valence electrons. The molecule has 0 aliphatic carbocycles. The predicted octanol–water partition coefficient (Wildman–Crippen LogP) is 4.74. The molecule has 1 saturated heterocycles. The van der Waals surface area contributed by atoms with Crippen molar-refractivity contribution in [2.75, 3.05) is 29.9 Å². The minimum Gasteiger partial charge on any atom is -0.347 e. The van der Waals surface area contributed by atoms with Crippen molar-refractivity contribution >= 4 is 77.6 Å². The Kier molecular flexibility index (Phi) is 4.15. The average Bonchev–Trinajstić information content (AvgIpc) is 3.03. The maximum Gasteiger partial charge on any atom is 0.173 e. The summed E-state index contributed by atoms with van der Waals surface area (Å²) in [6.07, 6.45) is 0. The van der Waals surface area contributed by atoms with Crippen LogP contribution in [0.25, 0.3) is 31.5 Å². The summed E-state index contributed by atoms with van der Waals surface area (Å²) in [7, 11) is 0. The number of nitrogens with one attached hydrogen (secondary N) is 1. The molecule has 2 aromatic carbocycles. The number of aromatic nitrogens is 2. The summed E-state index contributed by atoms with van der Waals surface area (Å²) >= 11 is 9.27. The van der Waals surface area contributed by atoms with E-state index in [1.165, 1.54) is 4.70 Å². The zero-order valence-corrected chi connectivity index (χ0v) is 16.4. The molecule has 5 rings (SSSR count). The van der Waals surface area contributed by atoms with Crippen LogP contribution in [0.1, 0.15) is 0 Å². The topological polar surface area (TPSA) is 41.1 Å². The van der Waals surface area contributed by atoms with Crippen molar-refractivity contribution in [3.63, 3.8) is 0 Å². The second-order valence-electron chi connectivity index (χ2n) is 6.21. The summed E-state index contributed by atoms with van der Waals surface area (Å²) in [6, 6.07) is 14.4. The number of fused-ring (bicyclic) bond motifs is 4. The van der Waals surface area contributed by atoms with E-state index in [-0.39, 0.29) is 0 Å². The van der Waals surface area contributed by atoms with Crippen LogP contribution in [0.2, 0.25) is 0 Å². The van der Waals surface area contributed by atoms with E-state index >= 15 is 0 Å². The first-order valence-corrected chi connectivity index (χ1v) is 10.9. The maximum atomic E-state index is 5.60. The molecule has 0 radical (unpaired) electrons. The first kappa shape index (κ1) is 16.2. The first-order valence-electron chi connectivity index (χ1n) is 8.51. The van der Waals surface area contributed by atoms with Gasteiger partial charge in [0.2, 0.25) is 0 Å². The van der Waals surface area contributed by atoms with Crippen molar-refractivity contribution in [2.45, 2.75) is 0 Å². The van der Waals surface area contributed by atoms with Crippen LogP contribution in [0.3, 0.4) is 0 Å². The van der Waals surface area contributed by atoms with Crippen LogP contribution < -0.4 is 5.32 Å². The van der Waals surface area contributed by atoms with Crippen molar-refractivity contribution in [2.24, 2.45) is 0 Å². The lowest BCUT2D eigenvalue weighted by molar-refractivity contribution is 0.470. The van der Waals surface area contributed by atoms with Crippen molar-refractivity contribution in [3.05, 3.63) is 42.5 Å². The SMILES string of the molecule is S=C(Nc1ccc2sc3nc4ccccc4nc3c2c1)N1CCSCC1. The van der Waals surface area contributed by atoms with Crippen molar-refractivity contribution in [1.29, 1.82) is 0 Å². The summed E-state index contributed by atoms with van der Waals surface area (Å²) in [4.78, 5) is 12.9. The van der Waals surface area contributed by atoms with E-state index in [0.29, 0.717) is 0 Å². The number of thiophene rings is 1. The van der Waals surface area contributed by atoms with Crippen LogP contribution in [0.5, 0.6) is 0 Å². The van der Waals surface area contributed by atoms with Crippen LogP contribution >= 0.6 is 35.3 Å². The van der Waals surface area contributed by atoms with Crippen molar-refractivity contribution < 1.29 is 0 Å². The summed E-state index contributed by atoms with van der Waals surface area (Å²) < 4.78 is 1.20. The van der Waals surface area contributed by atoms with Gasteiger partial charge in [-0.15, -0.1) is 11.3 Å². The number of para-hydroxylation sites is 2. The smallest absolute Gasteiger partial charge is 0.173 e. The molecule has 2 aromatic heterocycles. The molecule has 1 aliphatic rings. The molecule has 4 nitrogen and oxygen atoms in total. The van der Waals surface area contributed by atoms with E-state index in [1.807, 2.05) is 36.0 Å². The fraction of sp³-hybridized carbons (Fsp3) is 0.211. The molecule has 4 aromatic rings. The summed E-state index contributed by atoms with van der Waals surface area (Å²) in [5.41, 5.74) is 3.84. The molecule has 1 aliphatic heterocycles. The first-order chi connectivity index (χ1) is 12.8. The Balaban J connectivity index is 1.54. The zero-order chi connectivity index (χ0) is 17.5. The Morgan fingerprint density at radius 3 is 2.62 bits per heavy atom. The standard InChI is InChI=1S/C19H16N4S3/c24-19(23-7-9-25-10-8-23)20-12-5-6-16-13(11-12)17-18(26-16)22-15-4-2-1-3-14(15)21-17/h1-6,11H,7-10H2,(H,20,24). The lowest BCUT2D eigenvalue weighted by atomic mass is 10.2. The van der Waals surface area contributed by atoms with Gasteiger partial charge in [-0.05, 0) is 42.5 Å². The zero-order valence-electron chi connectivity index (χ0n) is 13.9. The number of nitrogens with zero attached hydrogens (tertiary/aromatic N) is 3. The highest BCUT2D eigenvalue weighted by Crippen LogP contribution is 2.34. The van der Waals surface area contributed by atoms with Crippen LogP contribution in [-0.4, -0.2) is 44.6 Å². The van der Waals surface area contributed by atoms with Gasteiger partial charge >= 0.3 is 0 Å². The quantitative estimate of drug-likeness (QED) is 0.469. The molecular weight excluding hydrogens is 380 g/mol. The van der Waals surface area contributed by atoms with Gasteiger partial charge in [0.05, 0.1) is 11.0 Å². The normalized spacial score (nSPS) is 15.0. The van der Waals surface area contributed by atoms with Gasteiger partial charge in [0.1, 0.15) is 10.3 Å². The lowest BCUT2D eigenvalue weighted by Crippen LogP contribution is -2.40. The number of thioether (sulfide) groups is 1. The van der Waals surface area contributed by atoms with E-state index < -0.39 is 0 Å². The summed E-state index contributed by atoms with van der Waals surface area (Å²) in [5, 5.41) is 5.34. The molecule has 26 heavy (non-hydrogen) atoms. The number of hydrogen-bond donors (Lipinski definition) is 1. The average molecular weight is 397 g/mol. The highest BCUT2D eigenvalue weighted by atomic mass is 32.2. The molecule has 0 saturated carbocycles. The van der Waals surface area contributed by atoms with E-state index in [0.717, 1.165) is 62.2 Å². The summed E-state index contributed by atoms with van der Waals surface area (Å²) in [5.74, 6) is 2.28. The van der Waals surface area contributed by atoms with E-state index in [1.54, 1.807) is 11.3 Å². The number of rotatable bonds is 1. The molecule has 7 heteroatoms. The Morgan fingerprint density at radius 2 is 1.81 bits per heavy atom. The van der Waals surface area contributed by atoms with Crippen LogP contribution in [-0.2, 0) is 0 Å². The van der Waals surface area contributed by atoms with Gasteiger partial charge in [0, 0.05) is 40.4 Å². The van der Waals surface area contributed by atoms with Gasteiger partial charge in [0.15, 0.2) is 5.11 Å². The third-order valence-electron chi connectivity index (χ3n) is 4.53. The van der Waals surface area contributed by atoms with Crippen LogP contribution in [0, 0.1) is 0 Å². The second-order valence-corrected chi connectivity index (χ2v) is 8.85. The van der Waals surface area contributed by atoms with Crippen LogP contribution in [0.4, 0.5) is 5.69 Å².